The monoisotopic (exact) mass is 252 g/mol. The summed E-state index contributed by atoms with van der Waals surface area (Å²) in [6.45, 7) is 4.54. The van der Waals surface area contributed by atoms with E-state index in [1.165, 1.54) is 6.07 Å². The third-order valence-corrected chi connectivity index (χ3v) is 2.18. The van der Waals surface area contributed by atoms with Gasteiger partial charge >= 0.3 is 5.97 Å². The van der Waals surface area contributed by atoms with E-state index in [0.29, 0.717) is 24.7 Å². The van der Waals surface area contributed by atoms with Crippen molar-refractivity contribution in [3.05, 3.63) is 23.8 Å². The highest BCUT2D eigenvalue weighted by atomic mass is 16.5. The molecule has 0 aliphatic carbocycles. The van der Waals surface area contributed by atoms with Crippen LogP contribution in [0.3, 0.4) is 0 Å². The van der Waals surface area contributed by atoms with Gasteiger partial charge in [-0.15, -0.1) is 0 Å². The predicted octanol–water partition coefficient (Wildman–Crippen LogP) is 1.84. The van der Waals surface area contributed by atoms with E-state index in [-0.39, 0.29) is 5.56 Å². The molecule has 0 fully saturated rings. The third kappa shape index (κ3) is 3.23. The van der Waals surface area contributed by atoms with Crippen molar-refractivity contribution in [3.8, 4) is 11.5 Å². The Labute approximate surface area is 106 Å². The van der Waals surface area contributed by atoms with Crippen molar-refractivity contribution in [2.24, 2.45) is 0 Å². The maximum absolute atomic E-state index is 11.7. The number of rotatable bonds is 6. The number of benzene rings is 1. The van der Waals surface area contributed by atoms with Gasteiger partial charge in [-0.2, -0.15) is 0 Å². The Morgan fingerprint density at radius 3 is 2.33 bits per heavy atom. The van der Waals surface area contributed by atoms with Crippen molar-refractivity contribution >= 4 is 11.8 Å². The molecule has 0 aliphatic heterocycles. The molecule has 98 valence electrons. The van der Waals surface area contributed by atoms with Crippen LogP contribution in [-0.4, -0.2) is 32.1 Å². The zero-order chi connectivity index (χ0) is 13.5. The van der Waals surface area contributed by atoms with Gasteiger partial charge in [0.25, 0.3) is 5.78 Å². The van der Waals surface area contributed by atoms with Crippen LogP contribution in [-0.2, 0) is 9.53 Å². The third-order valence-electron chi connectivity index (χ3n) is 2.18. The van der Waals surface area contributed by atoms with Crippen molar-refractivity contribution in [2.75, 3.05) is 20.3 Å². The summed E-state index contributed by atoms with van der Waals surface area (Å²) >= 11 is 0. The van der Waals surface area contributed by atoms with Crippen LogP contribution in [0, 0.1) is 0 Å². The van der Waals surface area contributed by atoms with Gasteiger partial charge in [-0.1, -0.05) is 0 Å². The van der Waals surface area contributed by atoms with Gasteiger partial charge in [0.15, 0.2) is 0 Å². The fourth-order valence-corrected chi connectivity index (χ4v) is 1.42. The summed E-state index contributed by atoms with van der Waals surface area (Å²) in [7, 11) is 1.16. The van der Waals surface area contributed by atoms with Crippen molar-refractivity contribution < 1.29 is 23.8 Å². The van der Waals surface area contributed by atoms with Crippen LogP contribution in [0.5, 0.6) is 11.5 Å². The van der Waals surface area contributed by atoms with Crippen molar-refractivity contribution in [1.82, 2.24) is 0 Å². The molecule has 0 saturated carbocycles. The maximum Gasteiger partial charge on any atom is 0.379 e. The highest BCUT2D eigenvalue weighted by Crippen LogP contribution is 2.25. The molecule has 18 heavy (non-hydrogen) atoms. The Bertz CT molecular complexity index is 439. The van der Waals surface area contributed by atoms with Crippen LogP contribution in [0.2, 0.25) is 0 Å². The first-order valence-electron chi connectivity index (χ1n) is 5.66. The Morgan fingerprint density at radius 2 is 1.78 bits per heavy atom. The van der Waals surface area contributed by atoms with Gasteiger partial charge in [-0.05, 0) is 26.0 Å². The summed E-state index contributed by atoms with van der Waals surface area (Å²) in [6.07, 6.45) is 0. The number of methoxy groups -OCH3 is 1. The molecule has 5 nitrogen and oxygen atoms in total. The zero-order valence-corrected chi connectivity index (χ0v) is 10.7. The molecule has 0 spiro atoms. The second-order valence-corrected chi connectivity index (χ2v) is 3.34. The lowest BCUT2D eigenvalue weighted by Gasteiger charge is -2.11. The van der Waals surface area contributed by atoms with Gasteiger partial charge < -0.3 is 14.2 Å². The second-order valence-electron chi connectivity index (χ2n) is 3.34. The first-order valence-corrected chi connectivity index (χ1v) is 5.66. The summed E-state index contributed by atoms with van der Waals surface area (Å²) in [5, 5.41) is 0. The minimum Gasteiger partial charge on any atom is -0.494 e. The van der Waals surface area contributed by atoms with Crippen molar-refractivity contribution in [2.45, 2.75) is 13.8 Å². The van der Waals surface area contributed by atoms with Crippen molar-refractivity contribution in [1.29, 1.82) is 0 Å². The molecule has 0 saturated heterocycles. The highest BCUT2D eigenvalue weighted by molar-refractivity contribution is 6.41. The van der Waals surface area contributed by atoms with Gasteiger partial charge in [0.05, 0.1) is 25.9 Å². The van der Waals surface area contributed by atoms with E-state index in [1.807, 2.05) is 6.92 Å². The molecule has 0 N–H and O–H groups in total. The molecule has 1 aromatic rings. The quantitative estimate of drug-likeness (QED) is 0.439. The molecule has 0 atom stereocenters. The van der Waals surface area contributed by atoms with Gasteiger partial charge in [0.2, 0.25) is 0 Å². The van der Waals surface area contributed by atoms with Crippen LogP contribution in [0.4, 0.5) is 0 Å². The summed E-state index contributed by atoms with van der Waals surface area (Å²) in [5.41, 5.74) is 0.173. The number of carbonyl (C=O) groups excluding carboxylic acids is 2. The smallest absolute Gasteiger partial charge is 0.379 e. The van der Waals surface area contributed by atoms with Crippen LogP contribution in [0.25, 0.3) is 0 Å². The van der Waals surface area contributed by atoms with E-state index in [4.69, 9.17) is 9.47 Å². The van der Waals surface area contributed by atoms with Crippen LogP contribution < -0.4 is 9.47 Å². The molecule has 1 rings (SSSR count). The number of ether oxygens (including phenoxy) is 3. The molecule has 0 heterocycles. The number of ketones is 1. The summed E-state index contributed by atoms with van der Waals surface area (Å²) in [6, 6.07) is 4.70. The van der Waals surface area contributed by atoms with Gasteiger partial charge in [0, 0.05) is 6.07 Å². The van der Waals surface area contributed by atoms with E-state index < -0.39 is 11.8 Å². The minimum absolute atomic E-state index is 0.173. The molecule has 0 aliphatic rings. The molecule has 0 aromatic heterocycles. The average molecular weight is 252 g/mol. The van der Waals surface area contributed by atoms with E-state index in [1.54, 1.807) is 19.1 Å². The molecule has 0 amide bonds. The van der Waals surface area contributed by atoms with E-state index in [9.17, 15) is 9.59 Å². The van der Waals surface area contributed by atoms with Crippen LogP contribution in [0.15, 0.2) is 18.2 Å². The van der Waals surface area contributed by atoms with E-state index >= 15 is 0 Å². The Balaban J connectivity index is 3.10. The molecule has 5 heteroatoms. The SMILES string of the molecule is CCOc1ccc(C(=O)C(=O)OC)c(OCC)c1. The minimum atomic E-state index is -0.917. The van der Waals surface area contributed by atoms with Gasteiger partial charge in [0.1, 0.15) is 11.5 Å². The molecule has 0 bridgehead atoms. The lowest BCUT2D eigenvalue weighted by Crippen LogP contribution is -2.17. The maximum atomic E-state index is 11.7. The molecule has 1 aromatic carbocycles. The topological polar surface area (TPSA) is 61.8 Å². The Kier molecular flexibility index (Phi) is 5.17. The molecule has 0 radical (unpaired) electrons. The fourth-order valence-electron chi connectivity index (χ4n) is 1.42. The van der Waals surface area contributed by atoms with Crippen LogP contribution in [0.1, 0.15) is 24.2 Å². The fraction of sp³-hybridized carbons (Fsp3) is 0.385. The highest BCUT2D eigenvalue weighted by Gasteiger charge is 2.21. The van der Waals surface area contributed by atoms with Crippen molar-refractivity contribution in [3.63, 3.8) is 0 Å². The first-order chi connectivity index (χ1) is 8.63. The van der Waals surface area contributed by atoms with E-state index in [0.717, 1.165) is 7.11 Å². The number of esters is 1. The molecule has 0 unspecified atom stereocenters. The number of hydrogen-bond acceptors (Lipinski definition) is 5. The second kappa shape index (κ2) is 6.64. The Morgan fingerprint density at radius 1 is 1.11 bits per heavy atom. The predicted molar refractivity (Wildman–Crippen MR) is 65.1 cm³/mol. The molecular formula is C13H16O5. The summed E-state index contributed by atoms with van der Waals surface area (Å²) in [4.78, 5) is 23.0. The van der Waals surface area contributed by atoms with Gasteiger partial charge in [-0.3, -0.25) is 4.79 Å². The molecular weight excluding hydrogens is 236 g/mol. The zero-order valence-electron chi connectivity index (χ0n) is 10.7. The van der Waals surface area contributed by atoms with Crippen LogP contribution >= 0.6 is 0 Å². The Hall–Kier alpha value is -2.04. The summed E-state index contributed by atoms with van der Waals surface area (Å²) in [5.74, 6) is -0.745. The first kappa shape index (κ1) is 14.0. The van der Waals surface area contributed by atoms with Gasteiger partial charge in [-0.25, -0.2) is 4.79 Å². The lowest BCUT2D eigenvalue weighted by atomic mass is 10.1. The largest absolute Gasteiger partial charge is 0.494 e. The number of carbonyl (C=O) groups is 2. The standard InChI is InChI=1S/C13H16O5/c1-4-17-9-6-7-10(11(8-9)18-5-2)12(14)13(15)16-3/h6-8H,4-5H2,1-3H3. The summed E-state index contributed by atoms with van der Waals surface area (Å²) < 4.78 is 15.0. The van der Waals surface area contributed by atoms with E-state index in [2.05, 4.69) is 4.74 Å². The number of hydrogen-bond donors (Lipinski definition) is 0. The lowest BCUT2D eigenvalue weighted by molar-refractivity contribution is -0.135. The normalized spacial score (nSPS) is 9.72. The average Bonchev–Trinajstić information content (AvgIpc) is 2.38. The number of Topliss-reactive ketones (excluding diaryl/α,β-unsaturated/α-hetero) is 1.